The number of aromatic nitrogens is 1. The van der Waals surface area contributed by atoms with Crippen molar-refractivity contribution in [1.29, 1.82) is 0 Å². The number of carbonyl (C=O) groups is 1. The Kier molecular flexibility index (Phi) is 3.66. The minimum Gasteiger partial charge on any atom is -0.307 e. The van der Waals surface area contributed by atoms with Crippen molar-refractivity contribution in [3.8, 4) is 0 Å². The van der Waals surface area contributed by atoms with Crippen molar-refractivity contribution in [2.75, 3.05) is 5.32 Å². The Bertz CT molecular complexity index is 587. The van der Waals surface area contributed by atoms with E-state index >= 15 is 0 Å². The van der Waals surface area contributed by atoms with Crippen LogP contribution in [0.1, 0.15) is 10.4 Å². The van der Waals surface area contributed by atoms with E-state index in [0.717, 1.165) is 6.20 Å². The SMILES string of the molecule is O=C(Nc1ccc(F)cn1)c1ccc(F)cc1Br. The molecule has 1 heterocycles. The van der Waals surface area contributed by atoms with E-state index in [-0.39, 0.29) is 11.4 Å². The van der Waals surface area contributed by atoms with Gasteiger partial charge in [0.15, 0.2) is 0 Å². The molecule has 0 fully saturated rings. The monoisotopic (exact) mass is 312 g/mol. The molecule has 0 unspecified atom stereocenters. The first-order valence-corrected chi connectivity index (χ1v) is 5.73. The number of nitrogens with one attached hydrogen (secondary N) is 1. The van der Waals surface area contributed by atoms with E-state index in [1.807, 2.05) is 0 Å². The lowest BCUT2D eigenvalue weighted by Crippen LogP contribution is -2.13. The number of rotatable bonds is 2. The minimum absolute atomic E-state index is 0.220. The van der Waals surface area contributed by atoms with Crippen molar-refractivity contribution >= 4 is 27.7 Å². The van der Waals surface area contributed by atoms with Gasteiger partial charge in [-0.15, -0.1) is 0 Å². The van der Waals surface area contributed by atoms with Gasteiger partial charge in [0.05, 0.1) is 11.8 Å². The van der Waals surface area contributed by atoms with E-state index < -0.39 is 17.5 Å². The van der Waals surface area contributed by atoms with Gasteiger partial charge in [0.1, 0.15) is 17.5 Å². The van der Waals surface area contributed by atoms with E-state index in [4.69, 9.17) is 0 Å². The Hall–Kier alpha value is -1.82. The highest BCUT2D eigenvalue weighted by Gasteiger charge is 2.11. The number of amides is 1. The van der Waals surface area contributed by atoms with Crippen LogP contribution < -0.4 is 5.32 Å². The fourth-order valence-electron chi connectivity index (χ4n) is 1.31. The normalized spacial score (nSPS) is 10.2. The molecule has 1 N–H and O–H groups in total. The number of nitrogens with zero attached hydrogens (tertiary/aromatic N) is 1. The highest BCUT2D eigenvalue weighted by molar-refractivity contribution is 9.10. The van der Waals surface area contributed by atoms with Gasteiger partial charge in [0.25, 0.3) is 5.91 Å². The van der Waals surface area contributed by atoms with Gasteiger partial charge in [-0.3, -0.25) is 4.79 Å². The van der Waals surface area contributed by atoms with Crippen molar-refractivity contribution in [1.82, 2.24) is 4.98 Å². The van der Waals surface area contributed by atoms with Crippen LogP contribution in [0.4, 0.5) is 14.6 Å². The van der Waals surface area contributed by atoms with Gasteiger partial charge < -0.3 is 5.32 Å². The molecule has 92 valence electrons. The zero-order chi connectivity index (χ0) is 13.1. The van der Waals surface area contributed by atoms with Crippen LogP contribution in [0.5, 0.6) is 0 Å². The second-order valence-electron chi connectivity index (χ2n) is 3.44. The molecule has 1 aromatic carbocycles. The second kappa shape index (κ2) is 5.22. The quantitative estimate of drug-likeness (QED) is 0.923. The number of hydrogen-bond donors (Lipinski definition) is 1. The van der Waals surface area contributed by atoms with Crippen molar-refractivity contribution in [3.63, 3.8) is 0 Å². The van der Waals surface area contributed by atoms with Crippen LogP contribution >= 0.6 is 15.9 Å². The number of benzene rings is 1. The maximum atomic E-state index is 12.9. The summed E-state index contributed by atoms with van der Waals surface area (Å²) < 4.78 is 25.8. The largest absolute Gasteiger partial charge is 0.307 e. The summed E-state index contributed by atoms with van der Waals surface area (Å²) in [6.07, 6.45) is 0.995. The topological polar surface area (TPSA) is 42.0 Å². The molecule has 0 aliphatic heterocycles. The summed E-state index contributed by atoms with van der Waals surface area (Å²) in [4.78, 5) is 15.5. The van der Waals surface area contributed by atoms with Crippen LogP contribution in [0, 0.1) is 11.6 Å². The lowest BCUT2D eigenvalue weighted by atomic mass is 10.2. The summed E-state index contributed by atoms with van der Waals surface area (Å²) in [5, 5.41) is 2.48. The van der Waals surface area contributed by atoms with Gasteiger partial charge in [-0.2, -0.15) is 0 Å². The Morgan fingerprint density at radius 1 is 1.17 bits per heavy atom. The molecule has 18 heavy (non-hydrogen) atoms. The van der Waals surface area contributed by atoms with Crippen LogP contribution in [0.25, 0.3) is 0 Å². The maximum absolute atomic E-state index is 12.9. The fourth-order valence-corrected chi connectivity index (χ4v) is 1.84. The Labute approximate surface area is 110 Å². The fraction of sp³-hybridized carbons (Fsp3) is 0. The zero-order valence-corrected chi connectivity index (χ0v) is 10.5. The van der Waals surface area contributed by atoms with Gasteiger partial charge >= 0.3 is 0 Å². The molecule has 6 heteroatoms. The van der Waals surface area contributed by atoms with E-state index in [9.17, 15) is 13.6 Å². The highest BCUT2D eigenvalue weighted by Crippen LogP contribution is 2.19. The van der Waals surface area contributed by atoms with Crippen molar-refractivity contribution < 1.29 is 13.6 Å². The number of pyridine rings is 1. The van der Waals surface area contributed by atoms with Crippen LogP contribution in [0.2, 0.25) is 0 Å². The molecule has 0 spiro atoms. The summed E-state index contributed by atoms with van der Waals surface area (Å²) in [5.41, 5.74) is 0.266. The highest BCUT2D eigenvalue weighted by atomic mass is 79.9. The second-order valence-corrected chi connectivity index (χ2v) is 4.29. The summed E-state index contributed by atoms with van der Waals surface area (Å²) in [6, 6.07) is 6.23. The van der Waals surface area contributed by atoms with E-state index in [0.29, 0.717) is 4.47 Å². The lowest BCUT2D eigenvalue weighted by Gasteiger charge is -2.06. The number of halogens is 3. The van der Waals surface area contributed by atoms with Crippen LogP contribution in [-0.4, -0.2) is 10.9 Å². The molecule has 0 aliphatic carbocycles. The van der Waals surface area contributed by atoms with Crippen molar-refractivity contribution in [2.24, 2.45) is 0 Å². The standard InChI is InChI=1S/C12H7BrF2N2O/c13-10-5-7(14)1-3-9(10)12(18)17-11-4-2-8(15)6-16-11/h1-6H,(H,16,17,18). The smallest absolute Gasteiger partial charge is 0.257 e. The van der Waals surface area contributed by atoms with Crippen molar-refractivity contribution in [3.05, 3.63) is 58.2 Å². The predicted molar refractivity (Wildman–Crippen MR) is 66.2 cm³/mol. The first kappa shape index (κ1) is 12.6. The average molecular weight is 313 g/mol. The molecule has 0 saturated carbocycles. The van der Waals surface area contributed by atoms with Crippen LogP contribution in [0.15, 0.2) is 41.0 Å². The molecule has 2 aromatic rings. The molecule has 1 amide bonds. The molecule has 0 aliphatic rings. The van der Waals surface area contributed by atoms with Gasteiger partial charge in [-0.1, -0.05) is 0 Å². The molecule has 0 saturated heterocycles. The van der Waals surface area contributed by atoms with Gasteiger partial charge in [-0.05, 0) is 46.3 Å². The number of carbonyl (C=O) groups excluding carboxylic acids is 1. The molecule has 0 radical (unpaired) electrons. The Balaban J connectivity index is 2.19. The third-order valence-corrected chi connectivity index (χ3v) is 2.80. The van der Waals surface area contributed by atoms with Crippen LogP contribution in [-0.2, 0) is 0 Å². The molecular weight excluding hydrogens is 306 g/mol. The van der Waals surface area contributed by atoms with E-state index in [2.05, 4.69) is 26.2 Å². The lowest BCUT2D eigenvalue weighted by molar-refractivity contribution is 0.102. The summed E-state index contributed by atoms with van der Waals surface area (Å²) in [5.74, 6) is -1.17. The molecule has 2 rings (SSSR count). The maximum Gasteiger partial charge on any atom is 0.257 e. The van der Waals surface area contributed by atoms with E-state index in [1.54, 1.807) is 0 Å². The van der Waals surface area contributed by atoms with Gasteiger partial charge in [-0.25, -0.2) is 13.8 Å². The summed E-state index contributed by atoms with van der Waals surface area (Å²) in [7, 11) is 0. The summed E-state index contributed by atoms with van der Waals surface area (Å²) in [6.45, 7) is 0. The minimum atomic E-state index is -0.490. The molecule has 3 nitrogen and oxygen atoms in total. The Morgan fingerprint density at radius 2 is 1.89 bits per heavy atom. The van der Waals surface area contributed by atoms with E-state index in [1.165, 1.54) is 30.3 Å². The zero-order valence-electron chi connectivity index (χ0n) is 8.95. The molecule has 0 atom stereocenters. The third kappa shape index (κ3) is 2.89. The average Bonchev–Trinajstić information content (AvgIpc) is 2.32. The number of hydrogen-bond acceptors (Lipinski definition) is 2. The first-order chi connectivity index (χ1) is 8.56. The molecular formula is C12H7BrF2N2O. The Morgan fingerprint density at radius 3 is 2.50 bits per heavy atom. The predicted octanol–water partition coefficient (Wildman–Crippen LogP) is 3.37. The van der Waals surface area contributed by atoms with Crippen molar-refractivity contribution in [2.45, 2.75) is 0 Å². The molecule has 0 bridgehead atoms. The molecule has 1 aromatic heterocycles. The summed E-state index contributed by atoms with van der Waals surface area (Å²) >= 11 is 3.09. The van der Waals surface area contributed by atoms with Gasteiger partial charge in [0.2, 0.25) is 0 Å². The number of anilines is 1. The first-order valence-electron chi connectivity index (χ1n) is 4.94. The van der Waals surface area contributed by atoms with Gasteiger partial charge in [0, 0.05) is 4.47 Å². The third-order valence-electron chi connectivity index (χ3n) is 2.14. The van der Waals surface area contributed by atoms with Crippen LogP contribution in [0.3, 0.4) is 0 Å².